The zero-order valence-electron chi connectivity index (χ0n) is 17.6. The summed E-state index contributed by atoms with van der Waals surface area (Å²) in [4.78, 5) is 31.2. The van der Waals surface area contributed by atoms with Gasteiger partial charge in [0.25, 0.3) is 5.56 Å². The summed E-state index contributed by atoms with van der Waals surface area (Å²) in [5, 5.41) is 5.33. The number of hydrogen-bond donors (Lipinski definition) is 1. The number of fused-ring (bicyclic) bond motifs is 1. The summed E-state index contributed by atoms with van der Waals surface area (Å²) in [6, 6.07) is 14.5. The lowest BCUT2D eigenvalue weighted by atomic mass is 10.0. The highest BCUT2D eigenvalue weighted by Gasteiger charge is 2.20. The Morgan fingerprint density at radius 2 is 1.87 bits per heavy atom. The second-order valence-electron chi connectivity index (χ2n) is 7.23. The van der Waals surface area contributed by atoms with Crippen LogP contribution in [0.3, 0.4) is 0 Å². The summed E-state index contributed by atoms with van der Waals surface area (Å²) < 4.78 is 6.52. The third-order valence-electron chi connectivity index (χ3n) is 5.35. The molecule has 0 radical (unpaired) electrons. The average molecular weight is 434 g/mol. The van der Waals surface area contributed by atoms with Crippen molar-refractivity contribution in [2.45, 2.75) is 26.3 Å². The SMILES string of the molecule is CCc1ccc(-c2csc3ncn(C(C)C(=O)Nc4ccc(OC)cc4)c(=O)c23)cc1. The van der Waals surface area contributed by atoms with Gasteiger partial charge >= 0.3 is 0 Å². The fourth-order valence-corrected chi connectivity index (χ4v) is 4.31. The maximum absolute atomic E-state index is 13.3. The smallest absolute Gasteiger partial charge is 0.263 e. The molecule has 0 spiro atoms. The number of anilines is 1. The lowest BCUT2D eigenvalue weighted by Crippen LogP contribution is -2.31. The van der Waals surface area contributed by atoms with Gasteiger partial charge in [-0.2, -0.15) is 0 Å². The van der Waals surface area contributed by atoms with E-state index in [1.165, 1.54) is 27.8 Å². The molecule has 0 aliphatic carbocycles. The number of aromatic nitrogens is 2. The third-order valence-corrected chi connectivity index (χ3v) is 6.23. The molecule has 0 aliphatic heterocycles. The van der Waals surface area contributed by atoms with Crippen molar-refractivity contribution in [1.29, 1.82) is 0 Å². The molecule has 4 aromatic rings. The zero-order chi connectivity index (χ0) is 22.0. The highest BCUT2D eigenvalue weighted by atomic mass is 32.1. The molecule has 2 aromatic carbocycles. The molecule has 0 saturated heterocycles. The van der Waals surface area contributed by atoms with E-state index in [0.29, 0.717) is 21.7 Å². The van der Waals surface area contributed by atoms with Gasteiger partial charge in [-0.05, 0) is 48.7 Å². The van der Waals surface area contributed by atoms with Gasteiger partial charge in [0.1, 0.15) is 16.6 Å². The van der Waals surface area contributed by atoms with Gasteiger partial charge in [0.05, 0.1) is 18.8 Å². The Morgan fingerprint density at radius 3 is 2.52 bits per heavy atom. The number of carbonyl (C=O) groups excluding carboxylic acids is 1. The first-order chi connectivity index (χ1) is 15.0. The second-order valence-corrected chi connectivity index (χ2v) is 8.09. The maximum Gasteiger partial charge on any atom is 0.263 e. The maximum atomic E-state index is 13.3. The van der Waals surface area contributed by atoms with Crippen molar-refractivity contribution in [3.05, 3.63) is 76.2 Å². The van der Waals surface area contributed by atoms with Gasteiger partial charge in [-0.15, -0.1) is 11.3 Å². The molecule has 0 fully saturated rings. The topological polar surface area (TPSA) is 73.2 Å². The number of benzene rings is 2. The first-order valence-electron chi connectivity index (χ1n) is 10.0. The van der Waals surface area contributed by atoms with E-state index in [1.807, 2.05) is 17.5 Å². The van der Waals surface area contributed by atoms with Gasteiger partial charge in [0, 0.05) is 16.6 Å². The van der Waals surface area contributed by atoms with Crippen molar-refractivity contribution < 1.29 is 9.53 Å². The zero-order valence-corrected chi connectivity index (χ0v) is 18.4. The van der Waals surface area contributed by atoms with Crippen LogP contribution in [0.1, 0.15) is 25.5 Å². The van der Waals surface area contributed by atoms with Crippen LogP contribution in [0, 0.1) is 0 Å². The van der Waals surface area contributed by atoms with Crippen LogP contribution in [-0.2, 0) is 11.2 Å². The summed E-state index contributed by atoms with van der Waals surface area (Å²) >= 11 is 1.43. The fraction of sp³-hybridized carbons (Fsp3) is 0.208. The first-order valence-corrected chi connectivity index (χ1v) is 10.9. The van der Waals surface area contributed by atoms with Crippen molar-refractivity contribution >= 4 is 33.1 Å². The Hall–Kier alpha value is -3.45. The summed E-state index contributed by atoms with van der Waals surface area (Å²) in [6.45, 7) is 3.80. The first kappa shape index (κ1) is 20.8. The van der Waals surface area contributed by atoms with Gasteiger partial charge in [0.2, 0.25) is 5.91 Å². The van der Waals surface area contributed by atoms with Gasteiger partial charge in [-0.3, -0.25) is 14.2 Å². The second kappa shape index (κ2) is 8.73. The van der Waals surface area contributed by atoms with Gasteiger partial charge in [-0.1, -0.05) is 31.2 Å². The molecule has 0 bridgehead atoms. The van der Waals surface area contributed by atoms with Crippen LogP contribution >= 0.6 is 11.3 Å². The molecule has 1 amide bonds. The Morgan fingerprint density at radius 1 is 1.16 bits per heavy atom. The molecule has 7 heteroatoms. The summed E-state index contributed by atoms with van der Waals surface area (Å²) in [5.41, 5.74) is 3.46. The number of ether oxygens (including phenoxy) is 1. The fourth-order valence-electron chi connectivity index (χ4n) is 3.40. The molecule has 158 valence electrons. The van der Waals surface area contributed by atoms with Crippen molar-refractivity contribution in [3.63, 3.8) is 0 Å². The van der Waals surface area contributed by atoms with Crippen LogP contribution in [-0.4, -0.2) is 22.6 Å². The Labute approximate surface area is 184 Å². The van der Waals surface area contributed by atoms with E-state index in [0.717, 1.165) is 17.5 Å². The van der Waals surface area contributed by atoms with Crippen LogP contribution in [0.4, 0.5) is 5.69 Å². The van der Waals surface area contributed by atoms with Crippen LogP contribution in [0.5, 0.6) is 5.75 Å². The minimum atomic E-state index is -0.721. The molecule has 1 N–H and O–H groups in total. The van der Waals surface area contributed by atoms with Gasteiger partial charge in [-0.25, -0.2) is 4.98 Å². The Bertz CT molecular complexity index is 1270. The molecule has 4 rings (SSSR count). The molecule has 0 aliphatic rings. The molecular formula is C24H23N3O3S. The van der Waals surface area contributed by atoms with Crippen molar-refractivity contribution in [2.24, 2.45) is 0 Å². The largest absolute Gasteiger partial charge is 0.497 e. The van der Waals surface area contributed by atoms with Crippen molar-refractivity contribution in [2.75, 3.05) is 12.4 Å². The van der Waals surface area contributed by atoms with Crippen LogP contribution in [0.15, 0.2) is 65.0 Å². The van der Waals surface area contributed by atoms with E-state index < -0.39 is 6.04 Å². The Kier molecular flexibility index (Phi) is 5.86. The molecule has 1 atom stereocenters. The molecule has 0 saturated carbocycles. The van der Waals surface area contributed by atoms with E-state index in [1.54, 1.807) is 38.3 Å². The minimum absolute atomic E-state index is 0.224. The molecule has 2 heterocycles. The number of nitrogens with zero attached hydrogens (tertiary/aromatic N) is 2. The lowest BCUT2D eigenvalue weighted by Gasteiger charge is -2.15. The highest BCUT2D eigenvalue weighted by Crippen LogP contribution is 2.31. The molecule has 2 aromatic heterocycles. The monoisotopic (exact) mass is 433 g/mol. The van der Waals surface area contributed by atoms with Crippen molar-refractivity contribution in [3.8, 4) is 16.9 Å². The number of methoxy groups -OCH3 is 1. The molecule has 31 heavy (non-hydrogen) atoms. The van der Waals surface area contributed by atoms with E-state index >= 15 is 0 Å². The van der Waals surface area contributed by atoms with Gasteiger partial charge < -0.3 is 10.1 Å². The molecular weight excluding hydrogens is 410 g/mol. The normalized spacial score (nSPS) is 12.0. The lowest BCUT2D eigenvalue weighted by molar-refractivity contribution is -0.118. The highest BCUT2D eigenvalue weighted by molar-refractivity contribution is 7.17. The van der Waals surface area contributed by atoms with Crippen LogP contribution in [0.25, 0.3) is 21.3 Å². The van der Waals surface area contributed by atoms with Crippen LogP contribution in [0.2, 0.25) is 0 Å². The number of aryl methyl sites for hydroxylation is 1. The number of carbonyl (C=O) groups is 1. The Balaban J connectivity index is 1.66. The van der Waals surface area contributed by atoms with E-state index in [-0.39, 0.29) is 11.5 Å². The van der Waals surface area contributed by atoms with Gasteiger partial charge in [0.15, 0.2) is 0 Å². The number of hydrogen-bond acceptors (Lipinski definition) is 5. The summed E-state index contributed by atoms with van der Waals surface area (Å²) in [6.07, 6.45) is 2.41. The molecule has 6 nitrogen and oxygen atoms in total. The minimum Gasteiger partial charge on any atom is -0.497 e. The number of rotatable bonds is 6. The molecule has 1 unspecified atom stereocenters. The van der Waals surface area contributed by atoms with E-state index in [9.17, 15) is 9.59 Å². The number of nitrogens with one attached hydrogen (secondary N) is 1. The van der Waals surface area contributed by atoms with E-state index in [2.05, 4.69) is 29.4 Å². The predicted molar refractivity (Wildman–Crippen MR) is 125 cm³/mol. The van der Waals surface area contributed by atoms with E-state index in [4.69, 9.17) is 4.74 Å². The predicted octanol–water partition coefficient (Wildman–Crippen LogP) is 4.90. The summed E-state index contributed by atoms with van der Waals surface area (Å²) in [7, 11) is 1.59. The van der Waals surface area contributed by atoms with Crippen molar-refractivity contribution in [1.82, 2.24) is 9.55 Å². The summed E-state index contributed by atoms with van der Waals surface area (Å²) in [5.74, 6) is 0.409. The quantitative estimate of drug-likeness (QED) is 0.470. The third kappa shape index (κ3) is 4.09. The van der Waals surface area contributed by atoms with Crippen LogP contribution < -0.4 is 15.6 Å². The standard InChI is InChI=1S/C24H23N3O3S/c1-4-16-5-7-17(8-6-16)20-13-31-23-21(20)24(29)27(14-25-23)15(2)22(28)26-18-9-11-19(30-3)12-10-18/h5-15H,4H2,1-3H3,(H,26,28). The number of amides is 1. The average Bonchev–Trinajstić information content (AvgIpc) is 3.24. The number of thiophene rings is 1.